The SMILES string of the molecule is COc1cc(S(=O)O)sn1. The van der Waals surface area contributed by atoms with Crippen LogP contribution in [0.25, 0.3) is 0 Å². The molecule has 0 amide bonds. The minimum atomic E-state index is -1.93. The molecule has 4 nitrogen and oxygen atoms in total. The molecular weight excluding hydrogens is 174 g/mol. The normalized spacial score (nSPS) is 13.0. The van der Waals surface area contributed by atoms with Crippen LogP contribution in [0.15, 0.2) is 10.3 Å². The number of hydrogen-bond acceptors (Lipinski definition) is 4. The topological polar surface area (TPSA) is 59.4 Å². The van der Waals surface area contributed by atoms with Crippen LogP contribution in [0.1, 0.15) is 0 Å². The van der Waals surface area contributed by atoms with E-state index in [0.717, 1.165) is 11.5 Å². The minimum absolute atomic E-state index is 0.303. The maximum absolute atomic E-state index is 10.4. The highest BCUT2D eigenvalue weighted by atomic mass is 32.2. The van der Waals surface area contributed by atoms with Gasteiger partial charge in [0.2, 0.25) is 5.88 Å². The molecule has 6 heteroatoms. The Morgan fingerprint density at radius 3 is 2.90 bits per heavy atom. The lowest BCUT2D eigenvalue weighted by Gasteiger charge is -1.85. The van der Waals surface area contributed by atoms with Gasteiger partial charge in [0.15, 0.2) is 11.1 Å². The number of hydrogen-bond donors (Lipinski definition) is 1. The van der Waals surface area contributed by atoms with E-state index in [0.29, 0.717) is 10.1 Å². The molecule has 0 saturated heterocycles. The van der Waals surface area contributed by atoms with Gasteiger partial charge < -0.3 is 9.29 Å². The lowest BCUT2D eigenvalue weighted by Crippen LogP contribution is -1.82. The Hall–Kier alpha value is -0.460. The van der Waals surface area contributed by atoms with Crippen LogP contribution in [0, 0.1) is 0 Å². The molecule has 0 aliphatic heterocycles. The van der Waals surface area contributed by atoms with E-state index in [-0.39, 0.29) is 0 Å². The van der Waals surface area contributed by atoms with Crippen molar-refractivity contribution in [1.29, 1.82) is 0 Å². The Morgan fingerprint density at radius 2 is 2.60 bits per heavy atom. The Kier molecular flexibility index (Phi) is 2.36. The molecule has 1 atom stereocenters. The number of ether oxygens (including phenoxy) is 1. The molecule has 1 aromatic heterocycles. The van der Waals surface area contributed by atoms with E-state index in [1.807, 2.05) is 0 Å². The van der Waals surface area contributed by atoms with Gasteiger partial charge in [-0.2, -0.15) is 4.37 Å². The van der Waals surface area contributed by atoms with Crippen LogP contribution < -0.4 is 4.74 Å². The van der Waals surface area contributed by atoms with Gasteiger partial charge in [-0.3, -0.25) is 0 Å². The molecule has 1 aromatic rings. The van der Waals surface area contributed by atoms with Crippen molar-refractivity contribution < 1.29 is 13.5 Å². The Labute approximate surface area is 64.3 Å². The Morgan fingerprint density at radius 1 is 1.90 bits per heavy atom. The van der Waals surface area contributed by atoms with Crippen LogP contribution in [-0.4, -0.2) is 20.2 Å². The first-order valence-corrected chi connectivity index (χ1v) is 4.23. The highest BCUT2D eigenvalue weighted by molar-refractivity contribution is 7.81. The van der Waals surface area contributed by atoms with E-state index in [9.17, 15) is 4.21 Å². The molecule has 0 bridgehead atoms. The summed E-state index contributed by atoms with van der Waals surface area (Å²) in [5.41, 5.74) is 0. The second-order valence-corrected chi connectivity index (χ2v) is 3.44. The smallest absolute Gasteiger partial charge is 0.226 e. The summed E-state index contributed by atoms with van der Waals surface area (Å²) >= 11 is -0.977. The average molecular weight is 179 g/mol. The maximum atomic E-state index is 10.4. The largest absolute Gasteiger partial charge is 0.480 e. The first-order valence-electron chi connectivity index (χ1n) is 2.35. The quantitative estimate of drug-likeness (QED) is 0.680. The minimum Gasteiger partial charge on any atom is -0.480 e. The van der Waals surface area contributed by atoms with Crippen LogP contribution in [0.5, 0.6) is 5.88 Å². The van der Waals surface area contributed by atoms with Gasteiger partial charge in [-0.1, -0.05) is 0 Å². The number of methoxy groups -OCH3 is 1. The van der Waals surface area contributed by atoms with Crippen molar-refractivity contribution >= 4 is 22.6 Å². The van der Waals surface area contributed by atoms with Crippen molar-refractivity contribution in [3.8, 4) is 5.88 Å². The highest BCUT2D eigenvalue weighted by Gasteiger charge is 2.05. The van der Waals surface area contributed by atoms with Gasteiger partial charge in [-0.25, -0.2) is 4.21 Å². The Balaban J connectivity index is 2.88. The second kappa shape index (κ2) is 3.09. The molecule has 0 radical (unpaired) electrons. The lowest BCUT2D eigenvalue weighted by molar-refractivity contribution is 0.402. The molecule has 56 valence electrons. The number of rotatable bonds is 2. The van der Waals surface area contributed by atoms with E-state index < -0.39 is 11.1 Å². The molecular formula is C4H5NO3S2. The van der Waals surface area contributed by atoms with E-state index >= 15 is 0 Å². The summed E-state index contributed by atoms with van der Waals surface area (Å²) in [4.78, 5) is 0. The first kappa shape index (κ1) is 7.64. The molecule has 0 aromatic carbocycles. The number of aromatic nitrogens is 1. The van der Waals surface area contributed by atoms with E-state index in [1.165, 1.54) is 13.2 Å². The van der Waals surface area contributed by atoms with Gasteiger partial charge in [0, 0.05) is 6.07 Å². The molecule has 1 unspecified atom stereocenters. The molecule has 0 aliphatic carbocycles. The van der Waals surface area contributed by atoms with Crippen LogP contribution in [0.2, 0.25) is 0 Å². The molecule has 1 heterocycles. The molecule has 0 fully saturated rings. The highest BCUT2D eigenvalue weighted by Crippen LogP contribution is 2.18. The summed E-state index contributed by atoms with van der Waals surface area (Å²) in [7, 11) is 1.46. The van der Waals surface area contributed by atoms with Crippen molar-refractivity contribution in [2.75, 3.05) is 7.11 Å². The molecule has 0 spiro atoms. The van der Waals surface area contributed by atoms with Crippen LogP contribution in [0.4, 0.5) is 0 Å². The maximum Gasteiger partial charge on any atom is 0.226 e. The molecule has 1 rings (SSSR count). The van der Waals surface area contributed by atoms with Crippen molar-refractivity contribution in [3.63, 3.8) is 0 Å². The predicted molar refractivity (Wildman–Crippen MR) is 37.7 cm³/mol. The summed E-state index contributed by atoms with van der Waals surface area (Å²) < 4.78 is 27.6. The van der Waals surface area contributed by atoms with Gasteiger partial charge in [-0.05, 0) is 11.5 Å². The van der Waals surface area contributed by atoms with Crippen molar-refractivity contribution in [2.24, 2.45) is 0 Å². The lowest BCUT2D eigenvalue weighted by atomic mass is 10.7. The summed E-state index contributed by atoms with van der Waals surface area (Å²) in [6.45, 7) is 0. The van der Waals surface area contributed by atoms with E-state index in [4.69, 9.17) is 9.29 Å². The Bertz CT molecular complexity index is 246. The van der Waals surface area contributed by atoms with Crippen molar-refractivity contribution in [1.82, 2.24) is 4.37 Å². The van der Waals surface area contributed by atoms with Gasteiger partial charge in [0.25, 0.3) is 0 Å². The summed E-state index contributed by atoms with van der Waals surface area (Å²) in [5.74, 6) is 0.377. The third-order valence-corrected chi connectivity index (χ3v) is 2.53. The zero-order valence-electron chi connectivity index (χ0n) is 5.10. The van der Waals surface area contributed by atoms with Crippen LogP contribution in [0.3, 0.4) is 0 Å². The summed E-state index contributed by atoms with van der Waals surface area (Å²) in [5, 5.41) is 0. The van der Waals surface area contributed by atoms with E-state index in [2.05, 4.69) is 4.37 Å². The third kappa shape index (κ3) is 1.53. The predicted octanol–water partition coefficient (Wildman–Crippen LogP) is 0.732. The fourth-order valence-electron chi connectivity index (χ4n) is 0.422. The van der Waals surface area contributed by atoms with Gasteiger partial charge in [0.1, 0.15) is 4.21 Å². The monoisotopic (exact) mass is 179 g/mol. The van der Waals surface area contributed by atoms with Gasteiger partial charge in [-0.15, -0.1) is 0 Å². The van der Waals surface area contributed by atoms with Crippen LogP contribution in [-0.2, 0) is 11.1 Å². The zero-order chi connectivity index (χ0) is 7.56. The first-order chi connectivity index (χ1) is 4.74. The van der Waals surface area contributed by atoms with Gasteiger partial charge >= 0.3 is 0 Å². The summed E-state index contributed by atoms with van der Waals surface area (Å²) in [6, 6.07) is 1.43. The van der Waals surface area contributed by atoms with Crippen molar-refractivity contribution in [2.45, 2.75) is 4.21 Å². The molecule has 0 saturated carbocycles. The molecule has 10 heavy (non-hydrogen) atoms. The standard InChI is InChI=1S/C4H5NO3S2/c1-8-3-2-4(9-5-3)10(6)7/h2H,1H3,(H,6,7). The second-order valence-electron chi connectivity index (χ2n) is 1.44. The van der Waals surface area contributed by atoms with Gasteiger partial charge in [0.05, 0.1) is 7.11 Å². The number of nitrogens with zero attached hydrogens (tertiary/aromatic N) is 1. The third-order valence-electron chi connectivity index (χ3n) is 0.848. The van der Waals surface area contributed by atoms with Crippen molar-refractivity contribution in [3.05, 3.63) is 6.07 Å². The fraction of sp³-hybridized carbons (Fsp3) is 0.250. The molecule has 1 N–H and O–H groups in total. The molecule has 0 aliphatic rings. The zero-order valence-corrected chi connectivity index (χ0v) is 6.74. The average Bonchev–Trinajstić information content (AvgIpc) is 2.34. The summed E-state index contributed by atoms with van der Waals surface area (Å²) in [6.07, 6.45) is 0. The fourth-order valence-corrected chi connectivity index (χ4v) is 1.45. The van der Waals surface area contributed by atoms with E-state index in [1.54, 1.807) is 0 Å². The van der Waals surface area contributed by atoms with Crippen LogP contribution >= 0.6 is 11.5 Å².